The van der Waals surface area contributed by atoms with E-state index in [2.05, 4.69) is 10.1 Å². The van der Waals surface area contributed by atoms with Gasteiger partial charge in [0.25, 0.3) is 5.56 Å². The van der Waals surface area contributed by atoms with Crippen molar-refractivity contribution in [3.8, 4) is 28.6 Å². The van der Waals surface area contributed by atoms with Crippen molar-refractivity contribution >= 4 is 23.1 Å². The van der Waals surface area contributed by atoms with Gasteiger partial charge in [0.2, 0.25) is 5.75 Å². The van der Waals surface area contributed by atoms with E-state index >= 15 is 0 Å². The number of esters is 1. The van der Waals surface area contributed by atoms with Crippen LogP contribution in [-0.4, -0.2) is 49.3 Å². The number of hydrogen-bond acceptors (Lipinski definition) is 8. The first-order chi connectivity index (χ1) is 19.1. The number of nitrogens with zero attached hydrogens (tertiary/aromatic N) is 3. The smallest absolute Gasteiger partial charge is 0.416 e. The maximum absolute atomic E-state index is 13.4. The maximum Gasteiger partial charge on any atom is 0.416 e. The normalized spacial score (nSPS) is 12.4. The zero-order valence-electron chi connectivity index (χ0n) is 21.9. The van der Waals surface area contributed by atoms with Gasteiger partial charge in [0.1, 0.15) is 0 Å². The molecule has 1 heterocycles. The number of ether oxygens (including phenoxy) is 4. The second-order valence-corrected chi connectivity index (χ2v) is 8.43. The molecule has 0 unspecified atom stereocenters. The predicted molar refractivity (Wildman–Crippen MR) is 141 cm³/mol. The monoisotopic (exact) mass is 555 g/mol. The van der Waals surface area contributed by atoms with Gasteiger partial charge in [-0.1, -0.05) is 24.3 Å². The summed E-state index contributed by atoms with van der Waals surface area (Å²) in [5.41, 5.74) is -0.738. The number of aromatic nitrogens is 2. The fraction of sp³-hybridized carbons (Fsp3) is 0.214. The summed E-state index contributed by atoms with van der Waals surface area (Å²) in [7, 11) is 4.00. The second-order valence-electron chi connectivity index (χ2n) is 8.43. The Balaban J connectivity index is 1.85. The van der Waals surface area contributed by atoms with Crippen LogP contribution < -0.4 is 19.8 Å². The number of methoxy groups -OCH3 is 3. The van der Waals surface area contributed by atoms with E-state index in [0.717, 1.165) is 16.8 Å². The Morgan fingerprint density at radius 2 is 1.68 bits per heavy atom. The van der Waals surface area contributed by atoms with Crippen molar-refractivity contribution in [2.24, 2.45) is 5.10 Å². The predicted octanol–water partition coefficient (Wildman–Crippen LogP) is 4.92. The van der Waals surface area contributed by atoms with Gasteiger partial charge in [-0.25, -0.2) is 9.78 Å². The van der Waals surface area contributed by atoms with Crippen molar-refractivity contribution in [1.82, 2.24) is 9.66 Å². The molecule has 3 aromatic carbocycles. The van der Waals surface area contributed by atoms with E-state index in [1.54, 1.807) is 24.3 Å². The Morgan fingerprint density at radius 3 is 2.30 bits per heavy atom. The molecule has 0 bridgehead atoms. The van der Waals surface area contributed by atoms with Crippen LogP contribution in [0.5, 0.6) is 17.2 Å². The fourth-order valence-corrected chi connectivity index (χ4v) is 3.86. The molecule has 4 rings (SSSR count). The summed E-state index contributed by atoms with van der Waals surface area (Å²) in [6, 6.07) is 14.0. The molecule has 0 fully saturated rings. The zero-order valence-corrected chi connectivity index (χ0v) is 21.9. The number of hydrogen-bond donors (Lipinski definition) is 0. The number of benzene rings is 3. The third-order valence-corrected chi connectivity index (χ3v) is 5.83. The van der Waals surface area contributed by atoms with Crippen LogP contribution in [0.25, 0.3) is 22.3 Å². The molecule has 0 saturated carbocycles. The van der Waals surface area contributed by atoms with Gasteiger partial charge in [-0.3, -0.25) is 4.79 Å². The highest BCUT2D eigenvalue weighted by Crippen LogP contribution is 2.39. The Labute approximate surface area is 226 Å². The molecule has 0 N–H and O–H groups in total. The van der Waals surface area contributed by atoms with Crippen molar-refractivity contribution in [2.45, 2.75) is 19.2 Å². The Kier molecular flexibility index (Phi) is 8.08. The number of carbonyl (C=O) groups is 1. The van der Waals surface area contributed by atoms with Gasteiger partial charge >= 0.3 is 12.1 Å². The number of fused-ring (bicyclic) bond motifs is 1. The third kappa shape index (κ3) is 5.75. The van der Waals surface area contributed by atoms with Crippen LogP contribution in [-0.2, 0) is 15.7 Å². The maximum atomic E-state index is 13.4. The summed E-state index contributed by atoms with van der Waals surface area (Å²) in [5, 5.41) is 4.51. The molecule has 4 aromatic rings. The molecule has 9 nitrogen and oxygen atoms in total. The van der Waals surface area contributed by atoms with E-state index < -0.39 is 29.4 Å². The highest BCUT2D eigenvalue weighted by Gasteiger charge is 2.31. The van der Waals surface area contributed by atoms with Crippen LogP contribution >= 0.6 is 0 Å². The topological polar surface area (TPSA) is 101 Å². The number of para-hydroxylation sites is 1. The second kappa shape index (κ2) is 11.5. The molecular weight excluding hydrogens is 531 g/mol. The third-order valence-electron chi connectivity index (χ3n) is 5.83. The Hall–Kier alpha value is -4.87. The van der Waals surface area contributed by atoms with Crippen molar-refractivity contribution in [3.63, 3.8) is 0 Å². The van der Waals surface area contributed by atoms with Crippen molar-refractivity contribution < 1.29 is 36.9 Å². The standard InChI is InChI=1S/C28H24F3N3O6/c1-16(27(36)39-4)40-24-22(37-2)12-17(13-23(24)38-3)15-32-34-25(18-8-7-9-19(14-18)28(29,30)31)33-21-11-6-5-10-20(21)26(34)35/h5-16H,1-4H3/t16-/m0/s1. The lowest BCUT2D eigenvalue weighted by molar-refractivity contribution is -0.148. The molecule has 208 valence electrons. The largest absolute Gasteiger partial charge is 0.493 e. The molecule has 40 heavy (non-hydrogen) atoms. The first-order valence-corrected chi connectivity index (χ1v) is 11.8. The van der Waals surface area contributed by atoms with Crippen LogP contribution in [0.3, 0.4) is 0 Å². The number of alkyl halides is 3. The molecule has 0 spiro atoms. The minimum Gasteiger partial charge on any atom is -0.493 e. The van der Waals surface area contributed by atoms with Crippen LogP contribution in [0.4, 0.5) is 13.2 Å². The molecule has 12 heteroatoms. The molecule has 0 amide bonds. The number of carbonyl (C=O) groups excluding carboxylic acids is 1. The van der Waals surface area contributed by atoms with Gasteiger partial charge in [-0.2, -0.15) is 22.9 Å². The first-order valence-electron chi connectivity index (χ1n) is 11.8. The van der Waals surface area contributed by atoms with Gasteiger partial charge in [0.15, 0.2) is 23.4 Å². The van der Waals surface area contributed by atoms with Gasteiger partial charge in [0, 0.05) is 11.1 Å². The van der Waals surface area contributed by atoms with Gasteiger partial charge in [-0.15, -0.1) is 0 Å². The molecule has 0 aliphatic rings. The average Bonchev–Trinajstić information content (AvgIpc) is 2.96. The molecule has 1 aromatic heterocycles. The minimum atomic E-state index is -4.59. The molecule has 0 aliphatic carbocycles. The van der Waals surface area contributed by atoms with Crippen LogP contribution in [0.2, 0.25) is 0 Å². The molecular formula is C28H24F3N3O6. The van der Waals surface area contributed by atoms with Crippen molar-refractivity contribution in [2.75, 3.05) is 21.3 Å². The Morgan fingerprint density at radius 1 is 1.00 bits per heavy atom. The fourth-order valence-electron chi connectivity index (χ4n) is 3.86. The summed E-state index contributed by atoms with van der Waals surface area (Å²) < 4.78 is 62.4. The lowest BCUT2D eigenvalue weighted by Crippen LogP contribution is -2.25. The first kappa shape index (κ1) is 28.1. The van der Waals surface area contributed by atoms with Gasteiger partial charge in [0.05, 0.1) is 44.0 Å². The number of rotatable bonds is 8. The summed E-state index contributed by atoms with van der Waals surface area (Å²) >= 11 is 0. The quantitative estimate of drug-likeness (QED) is 0.225. The zero-order chi connectivity index (χ0) is 29.0. The lowest BCUT2D eigenvalue weighted by Gasteiger charge is -2.18. The molecule has 1 atom stereocenters. The summed E-state index contributed by atoms with van der Waals surface area (Å²) in [6.45, 7) is 1.49. The van der Waals surface area contributed by atoms with E-state index in [0.29, 0.717) is 11.1 Å². The molecule has 0 saturated heterocycles. The molecule has 0 radical (unpaired) electrons. The van der Waals surface area contributed by atoms with Gasteiger partial charge < -0.3 is 18.9 Å². The highest BCUT2D eigenvalue weighted by molar-refractivity contribution is 5.84. The summed E-state index contributed by atoms with van der Waals surface area (Å²) in [6.07, 6.45) is -4.26. The van der Waals surface area contributed by atoms with E-state index in [4.69, 9.17) is 18.9 Å². The van der Waals surface area contributed by atoms with Gasteiger partial charge in [-0.05, 0) is 43.3 Å². The number of halogens is 3. The average molecular weight is 556 g/mol. The van der Waals surface area contributed by atoms with Crippen LogP contribution in [0, 0.1) is 0 Å². The SMILES string of the molecule is COC(=O)[C@H](C)Oc1c(OC)cc(C=Nn2c(-c3cccc(C(F)(F)F)c3)nc3ccccc3c2=O)cc1OC. The minimum absolute atomic E-state index is 0.0468. The summed E-state index contributed by atoms with van der Waals surface area (Å²) in [4.78, 5) is 29.7. The van der Waals surface area contributed by atoms with E-state index in [-0.39, 0.29) is 34.0 Å². The Bertz CT molecular complexity index is 1620. The van der Waals surface area contributed by atoms with E-state index in [1.165, 1.54) is 58.7 Å². The van der Waals surface area contributed by atoms with Crippen molar-refractivity contribution in [1.29, 1.82) is 0 Å². The van der Waals surface area contributed by atoms with E-state index in [1.807, 2.05) is 0 Å². The van der Waals surface area contributed by atoms with Crippen molar-refractivity contribution in [3.05, 3.63) is 82.1 Å². The van der Waals surface area contributed by atoms with Crippen LogP contribution in [0.1, 0.15) is 18.1 Å². The van der Waals surface area contributed by atoms with Crippen LogP contribution in [0.15, 0.2) is 70.6 Å². The molecule has 0 aliphatic heterocycles. The van der Waals surface area contributed by atoms with E-state index in [9.17, 15) is 22.8 Å². The lowest BCUT2D eigenvalue weighted by atomic mass is 10.1. The summed E-state index contributed by atoms with van der Waals surface area (Å²) in [5.74, 6) is -0.177. The highest BCUT2D eigenvalue weighted by atomic mass is 19.4.